The van der Waals surface area contributed by atoms with Crippen LogP contribution < -0.4 is 9.80 Å². The number of hydrogen-bond donors (Lipinski definition) is 0. The second-order valence-electron chi connectivity index (χ2n) is 9.08. The van der Waals surface area contributed by atoms with Gasteiger partial charge in [0.15, 0.2) is 0 Å². The number of hydrogen-bond acceptors (Lipinski definition) is 4. The number of amides is 4. The van der Waals surface area contributed by atoms with Gasteiger partial charge in [0.2, 0.25) is 0 Å². The Morgan fingerprint density at radius 1 is 0.417 bits per heavy atom. The van der Waals surface area contributed by atoms with Crippen molar-refractivity contribution in [3.05, 3.63) is 118 Å². The van der Waals surface area contributed by atoms with Gasteiger partial charge in [0.05, 0.1) is 33.6 Å². The lowest BCUT2D eigenvalue weighted by atomic mass is 9.97. The average molecular weight is 473 g/mol. The van der Waals surface area contributed by atoms with Crippen molar-refractivity contribution in [2.45, 2.75) is 13.8 Å². The van der Waals surface area contributed by atoms with Crippen molar-refractivity contribution in [2.24, 2.45) is 0 Å². The highest BCUT2D eigenvalue weighted by Gasteiger charge is 2.38. The molecule has 4 aromatic carbocycles. The zero-order chi connectivity index (χ0) is 25.1. The molecule has 0 atom stereocenters. The molecule has 0 radical (unpaired) electrons. The number of benzene rings is 4. The van der Waals surface area contributed by atoms with Crippen LogP contribution in [0.2, 0.25) is 0 Å². The SMILES string of the molecule is Cc1ccc(N2C(=O)c3ccc(-c4ccc5c(c4)C(=O)N(c4ccc(C)cc4)C5=O)cc3C2=O)cc1. The fourth-order valence-corrected chi connectivity index (χ4v) is 4.70. The zero-order valence-electron chi connectivity index (χ0n) is 19.6. The third kappa shape index (κ3) is 3.19. The molecule has 174 valence electrons. The van der Waals surface area contributed by atoms with E-state index in [1.165, 1.54) is 9.80 Å². The number of anilines is 2. The smallest absolute Gasteiger partial charge is 0.266 e. The predicted octanol–water partition coefficient (Wildman–Crippen LogP) is 5.57. The standard InChI is InChI=1S/C30H20N2O4/c1-17-3-9-21(10-4-17)31-27(33)23-13-7-19(15-25(23)29(31)35)20-8-14-24-26(16-20)30(36)32(28(24)34)22-11-5-18(2)6-12-22/h3-16H,1-2H3. The molecule has 6 nitrogen and oxygen atoms in total. The molecule has 6 heteroatoms. The summed E-state index contributed by atoms with van der Waals surface area (Å²) in [6.45, 7) is 3.88. The highest BCUT2D eigenvalue weighted by atomic mass is 16.2. The normalized spacial score (nSPS) is 14.5. The molecule has 2 aliphatic rings. The van der Waals surface area contributed by atoms with Crippen LogP contribution in [0.1, 0.15) is 52.6 Å². The topological polar surface area (TPSA) is 74.8 Å². The number of imide groups is 2. The van der Waals surface area contributed by atoms with Crippen LogP contribution in [0.15, 0.2) is 84.9 Å². The lowest BCUT2D eigenvalue weighted by molar-refractivity contribution is 0.0910. The van der Waals surface area contributed by atoms with Crippen LogP contribution >= 0.6 is 0 Å². The van der Waals surface area contributed by atoms with Gasteiger partial charge in [-0.05, 0) is 73.5 Å². The Morgan fingerprint density at radius 3 is 1.11 bits per heavy atom. The van der Waals surface area contributed by atoms with Crippen LogP contribution in [0.25, 0.3) is 11.1 Å². The molecule has 0 spiro atoms. The quantitative estimate of drug-likeness (QED) is 0.365. The van der Waals surface area contributed by atoms with E-state index in [1.807, 2.05) is 38.1 Å². The summed E-state index contributed by atoms with van der Waals surface area (Å²) in [5.41, 5.74) is 5.74. The van der Waals surface area contributed by atoms with E-state index in [1.54, 1.807) is 60.7 Å². The summed E-state index contributed by atoms with van der Waals surface area (Å²) in [5, 5.41) is 0. The summed E-state index contributed by atoms with van der Waals surface area (Å²) in [7, 11) is 0. The van der Waals surface area contributed by atoms with Crippen molar-refractivity contribution in [3.8, 4) is 11.1 Å². The first-order valence-electron chi connectivity index (χ1n) is 11.5. The van der Waals surface area contributed by atoms with Crippen LogP contribution in [-0.4, -0.2) is 23.6 Å². The van der Waals surface area contributed by atoms with Crippen molar-refractivity contribution in [3.63, 3.8) is 0 Å². The first-order chi connectivity index (χ1) is 17.3. The van der Waals surface area contributed by atoms with Gasteiger partial charge in [0.1, 0.15) is 0 Å². The van der Waals surface area contributed by atoms with E-state index in [0.717, 1.165) is 11.1 Å². The van der Waals surface area contributed by atoms with E-state index in [2.05, 4.69) is 0 Å². The molecule has 0 saturated heterocycles. The van der Waals surface area contributed by atoms with Gasteiger partial charge in [-0.2, -0.15) is 0 Å². The molecule has 6 rings (SSSR count). The second-order valence-corrected chi connectivity index (χ2v) is 9.08. The molecule has 2 aliphatic heterocycles. The molecule has 0 aliphatic carbocycles. The van der Waals surface area contributed by atoms with Crippen molar-refractivity contribution in [1.29, 1.82) is 0 Å². The monoisotopic (exact) mass is 472 g/mol. The maximum absolute atomic E-state index is 13.2. The molecule has 2 heterocycles. The molecule has 0 N–H and O–H groups in total. The summed E-state index contributed by atoms with van der Waals surface area (Å²) in [5.74, 6) is -1.51. The van der Waals surface area contributed by atoms with Gasteiger partial charge in [0.25, 0.3) is 23.6 Å². The molecule has 0 fully saturated rings. The largest absolute Gasteiger partial charge is 0.268 e. The maximum atomic E-state index is 13.2. The Balaban J connectivity index is 1.35. The Bertz CT molecular complexity index is 1500. The van der Waals surface area contributed by atoms with Gasteiger partial charge in [-0.15, -0.1) is 0 Å². The van der Waals surface area contributed by atoms with Crippen molar-refractivity contribution in [1.82, 2.24) is 0 Å². The average Bonchev–Trinajstić information content (AvgIpc) is 3.29. The third-order valence-electron chi connectivity index (χ3n) is 6.69. The van der Waals surface area contributed by atoms with E-state index in [-0.39, 0.29) is 11.8 Å². The minimum atomic E-state index is -0.390. The highest BCUT2D eigenvalue weighted by molar-refractivity contribution is 6.35. The third-order valence-corrected chi connectivity index (χ3v) is 6.69. The molecular weight excluding hydrogens is 452 g/mol. The molecule has 0 bridgehead atoms. The maximum Gasteiger partial charge on any atom is 0.266 e. The van der Waals surface area contributed by atoms with Crippen LogP contribution in [0, 0.1) is 13.8 Å². The minimum absolute atomic E-state index is 0.308. The first kappa shape index (κ1) is 21.7. The Hall–Kier alpha value is -4.84. The fourth-order valence-electron chi connectivity index (χ4n) is 4.70. The van der Waals surface area contributed by atoms with Crippen LogP contribution in [0.3, 0.4) is 0 Å². The van der Waals surface area contributed by atoms with Crippen molar-refractivity contribution < 1.29 is 19.2 Å². The van der Waals surface area contributed by atoms with Gasteiger partial charge in [-0.3, -0.25) is 19.2 Å². The molecule has 4 amide bonds. The number of carbonyl (C=O) groups excluding carboxylic acids is 4. The number of nitrogens with zero attached hydrogens (tertiary/aromatic N) is 2. The molecular formula is C30H20N2O4. The summed E-state index contributed by atoms with van der Waals surface area (Å²) >= 11 is 0. The highest BCUT2D eigenvalue weighted by Crippen LogP contribution is 2.35. The summed E-state index contributed by atoms with van der Waals surface area (Å²) in [6.07, 6.45) is 0. The van der Waals surface area contributed by atoms with Crippen LogP contribution in [-0.2, 0) is 0 Å². The Labute approximate surface area is 207 Å². The van der Waals surface area contributed by atoms with E-state index in [0.29, 0.717) is 44.8 Å². The molecule has 4 aromatic rings. The lowest BCUT2D eigenvalue weighted by Crippen LogP contribution is -2.29. The van der Waals surface area contributed by atoms with E-state index in [9.17, 15) is 19.2 Å². The van der Waals surface area contributed by atoms with Crippen molar-refractivity contribution in [2.75, 3.05) is 9.80 Å². The minimum Gasteiger partial charge on any atom is -0.268 e. The predicted molar refractivity (Wildman–Crippen MR) is 137 cm³/mol. The zero-order valence-corrected chi connectivity index (χ0v) is 19.6. The Kier molecular flexibility index (Phi) is 4.73. The molecule has 0 saturated carbocycles. The molecule has 36 heavy (non-hydrogen) atoms. The van der Waals surface area contributed by atoms with Gasteiger partial charge in [-0.25, -0.2) is 9.80 Å². The lowest BCUT2D eigenvalue weighted by Gasteiger charge is -2.13. The van der Waals surface area contributed by atoms with E-state index < -0.39 is 11.8 Å². The summed E-state index contributed by atoms with van der Waals surface area (Å²) in [6, 6.07) is 24.5. The molecule has 0 unspecified atom stereocenters. The summed E-state index contributed by atoms with van der Waals surface area (Å²) < 4.78 is 0. The number of aryl methyl sites for hydroxylation is 2. The Morgan fingerprint density at radius 2 is 0.750 bits per heavy atom. The van der Waals surface area contributed by atoms with Gasteiger partial charge in [0, 0.05) is 0 Å². The van der Waals surface area contributed by atoms with Crippen molar-refractivity contribution >= 4 is 35.0 Å². The van der Waals surface area contributed by atoms with Crippen LogP contribution in [0.5, 0.6) is 0 Å². The number of carbonyl (C=O) groups is 4. The first-order valence-corrected chi connectivity index (χ1v) is 11.5. The molecule has 0 aromatic heterocycles. The van der Waals surface area contributed by atoms with E-state index >= 15 is 0 Å². The number of rotatable bonds is 3. The van der Waals surface area contributed by atoms with E-state index in [4.69, 9.17) is 0 Å². The second kappa shape index (κ2) is 7.85. The van der Waals surface area contributed by atoms with Gasteiger partial charge >= 0.3 is 0 Å². The van der Waals surface area contributed by atoms with Gasteiger partial charge in [-0.1, -0.05) is 47.5 Å². The number of fused-ring (bicyclic) bond motifs is 2. The van der Waals surface area contributed by atoms with Gasteiger partial charge < -0.3 is 0 Å². The fraction of sp³-hybridized carbons (Fsp3) is 0.0667. The summed E-state index contributed by atoms with van der Waals surface area (Å²) in [4.78, 5) is 54.7. The van der Waals surface area contributed by atoms with Crippen LogP contribution in [0.4, 0.5) is 11.4 Å².